The first-order valence-electron chi connectivity index (χ1n) is 22.8. The van der Waals surface area contributed by atoms with Crippen molar-refractivity contribution in [1.82, 2.24) is 54.3 Å². The van der Waals surface area contributed by atoms with E-state index in [2.05, 4.69) is 25.6 Å². The van der Waals surface area contributed by atoms with Crippen LogP contribution in [0.3, 0.4) is 0 Å². The molecule has 0 spiro atoms. The normalized spacial score (nSPS) is 18.8. The Morgan fingerprint density at radius 2 is 1.41 bits per heavy atom. The molecular formula is C48H52FN11O7S. The van der Waals surface area contributed by atoms with Crippen molar-refractivity contribution in [3.8, 4) is 39.5 Å². The van der Waals surface area contributed by atoms with E-state index in [0.29, 0.717) is 65.8 Å². The molecule has 3 aliphatic rings. The lowest BCUT2D eigenvalue weighted by Crippen LogP contribution is -2.51. The minimum absolute atomic E-state index is 0.157. The fourth-order valence-electron chi connectivity index (χ4n) is 9.84. The maximum Gasteiger partial charge on any atom is 0.407 e. The Labute approximate surface area is 394 Å². The van der Waals surface area contributed by atoms with E-state index in [1.807, 2.05) is 79.4 Å². The van der Waals surface area contributed by atoms with E-state index in [1.165, 1.54) is 31.6 Å². The van der Waals surface area contributed by atoms with Crippen molar-refractivity contribution in [2.75, 3.05) is 27.3 Å². The molecule has 2 fully saturated rings. The number of alkyl carbamates (subject to hydrolysis) is 2. The molecule has 5 aromatic heterocycles. The molecule has 2 aromatic carbocycles. The maximum absolute atomic E-state index is 16.9. The zero-order valence-electron chi connectivity index (χ0n) is 38.4. The minimum Gasteiger partial charge on any atom is -0.464 e. The average Bonchev–Trinajstić information content (AvgIpc) is 4.18. The quantitative estimate of drug-likeness (QED) is 0.0984. The third kappa shape index (κ3) is 7.88. The molecule has 0 bridgehead atoms. The highest BCUT2D eigenvalue weighted by molar-refractivity contribution is 7.17. The second-order valence-corrected chi connectivity index (χ2v) is 19.2. The molecule has 2 saturated heterocycles. The number of ether oxygens (including phenoxy) is 3. The van der Waals surface area contributed by atoms with Crippen LogP contribution < -0.4 is 15.4 Å². The summed E-state index contributed by atoms with van der Waals surface area (Å²) in [6.07, 6.45) is 9.92. The van der Waals surface area contributed by atoms with Crippen LogP contribution in [-0.2, 0) is 19.1 Å². The maximum atomic E-state index is 16.9. The van der Waals surface area contributed by atoms with Crippen molar-refractivity contribution in [2.24, 2.45) is 11.8 Å². The number of H-pyrrole nitrogens is 2. The molecule has 20 heteroatoms. The van der Waals surface area contributed by atoms with Crippen molar-refractivity contribution < 1.29 is 37.8 Å². The van der Waals surface area contributed by atoms with Crippen molar-refractivity contribution in [3.63, 3.8) is 0 Å². The van der Waals surface area contributed by atoms with Gasteiger partial charge in [0.05, 0.1) is 71.7 Å². The summed E-state index contributed by atoms with van der Waals surface area (Å²) < 4.78 is 37.3. The summed E-state index contributed by atoms with van der Waals surface area (Å²) in [6, 6.07) is 9.09. The van der Waals surface area contributed by atoms with E-state index in [1.54, 1.807) is 28.4 Å². The lowest BCUT2D eigenvalue weighted by molar-refractivity contribution is -0.136. The number of likely N-dealkylation sites (tertiary alicyclic amines) is 2. The number of nitrogens with zero attached hydrogens (tertiary/aromatic N) is 7. The molecule has 18 nitrogen and oxygen atoms in total. The van der Waals surface area contributed by atoms with E-state index in [9.17, 15) is 19.2 Å². The molecule has 5 atom stereocenters. The van der Waals surface area contributed by atoms with Crippen molar-refractivity contribution in [1.29, 1.82) is 0 Å². The van der Waals surface area contributed by atoms with Crippen LogP contribution in [-0.4, -0.2) is 107 Å². The van der Waals surface area contributed by atoms with E-state index in [-0.39, 0.29) is 35.7 Å². The number of benzene rings is 2. The van der Waals surface area contributed by atoms with Gasteiger partial charge in [-0.05, 0) is 67.9 Å². The topological polar surface area (TPSA) is 206 Å². The first-order chi connectivity index (χ1) is 32.8. The van der Waals surface area contributed by atoms with Gasteiger partial charge >= 0.3 is 12.2 Å². The van der Waals surface area contributed by atoms with Crippen LogP contribution in [0.25, 0.3) is 49.6 Å². The van der Waals surface area contributed by atoms with Gasteiger partial charge in [0.25, 0.3) is 0 Å². The van der Waals surface area contributed by atoms with Crippen LogP contribution in [0.4, 0.5) is 14.0 Å². The smallest absolute Gasteiger partial charge is 0.407 e. The van der Waals surface area contributed by atoms with Crippen molar-refractivity contribution in [2.45, 2.75) is 83.8 Å². The molecule has 0 saturated carbocycles. The summed E-state index contributed by atoms with van der Waals surface area (Å²) in [6.45, 7) is 8.53. The third-order valence-corrected chi connectivity index (χ3v) is 14.3. The Morgan fingerprint density at radius 3 is 1.99 bits per heavy atom. The fraction of sp³-hybridized carbons (Fsp3) is 0.396. The van der Waals surface area contributed by atoms with Gasteiger partial charge in [-0.25, -0.2) is 28.9 Å². The van der Waals surface area contributed by atoms with Crippen molar-refractivity contribution in [3.05, 3.63) is 89.7 Å². The summed E-state index contributed by atoms with van der Waals surface area (Å²) in [4.78, 5) is 77.8. The van der Waals surface area contributed by atoms with Crippen LogP contribution in [0.1, 0.15) is 88.2 Å². The number of amides is 4. The molecule has 354 valence electrons. The van der Waals surface area contributed by atoms with Crippen LogP contribution in [0.2, 0.25) is 0 Å². The number of nitrogens with one attached hydrogen (secondary N) is 4. The van der Waals surface area contributed by atoms with Gasteiger partial charge in [-0.1, -0.05) is 45.1 Å². The Kier molecular flexibility index (Phi) is 11.7. The summed E-state index contributed by atoms with van der Waals surface area (Å²) in [5, 5.41) is 6.23. The molecule has 4 N–H and O–H groups in total. The molecule has 7 aromatic rings. The fourth-order valence-corrected chi connectivity index (χ4v) is 10.8. The molecule has 0 radical (unpaired) electrons. The number of rotatable bonds is 11. The van der Waals surface area contributed by atoms with Gasteiger partial charge in [0.1, 0.15) is 35.3 Å². The number of aromatic amines is 2. The Hall–Kier alpha value is -7.22. The van der Waals surface area contributed by atoms with E-state index >= 15 is 4.39 Å². The molecule has 68 heavy (non-hydrogen) atoms. The van der Waals surface area contributed by atoms with Gasteiger partial charge in [-0.3, -0.25) is 18.6 Å². The van der Waals surface area contributed by atoms with E-state index in [0.717, 1.165) is 44.8 Å². The first-order valence-corrected chi connectivity index (χ1v) is 23.6. The second-order valence-electron chi connectivity index (χ2n) is 18.2. The second kappa shape index (κ2) is 17.8. The lowest BCUT2D eigenvalue weighted by atomic mass is 10.0. The van der Waals surface area contributed by atoms with Gasteiger partial charge < -0.3 is 44.6 Å². The Balaban J connectivity index is 0.970. The number of halogens is 1. The summed E-state index contributed by atoms with van der Waals surface area (Å²) in [5.74, 6) is 0.327. The molecular weight excluding hydrogens is 894 g/mol. The number of hydrogen-bond acceptors (Lipinski definition) is 11. The number of methoxy groups -OCH3 is 2. The number of imidazole rings is 3. The van der Waals surface area contributed by atoms with Gasteiger partial charge in [0.15, 0.2) is 4.96 Å². The van der Waals surface area contributed by atoms with Gasteiger partial charge in [-0.2, -0.15) is 0 Å². The highest BCUT2D eigenvalue weighted by Crippen LogP contribution is 2.48. The highest BCUT2D eigenvalue weighted by atomic mass is 32.1. The number of thiazole rings is 1. The first kappa shape index (κ1) is 44.6. The SMILES string of the molecule is COC(=O)NC(C(=O)N1CCC[C@H]1c1ncc(-c2cc(F)c3c(c2)OC(c2cn4ccnc4s2)n2c-3cc3cc(-c4cnc([C@@H]5CCCN5C(=O)C(NC(=O)OC)C(C)C)[nH]4)ccc32)[nH]1)C(C)C. The molecule has 8 heterocycles. The van der Waals surface area contributed by atoms with Gasteiger partial charge in [-0.15, -0.1) is 0 Å². The molecule has 10 rings (SSSR count). The van der Waals surface area contributed by atoms with Crippen LogP contribution in [0, 0.1) is 17.7 Å². The number of hydrogen-bond donors (Lipinski definition) is 4. The number of carbonyl (C=O) groups is 4. The number of aromatic nitrogens is 7. The number of carbonyl (C=O) groups excluding carboxylic acids is 4. The standard InChI is InChI=1S/C48H52FN11O7S/c1-24(2)39(55-47(63)65-5)43(61)58-14-7-9-33(58)41-51-21-30(53-41)26-11-12-32-28(17-26)19-35-38-29(49)18-27(20-36(38)67-45(60(32)35)37-23-57-16-13-50-46(57)68-37)31-22-52-42(54-31)34-10-8-15-59(34)44(62)40(25(3)4)56-48(64)66-6/h11-13,16-25,33-34,39-40,45H,7-10,14-15H2,1-6H3,(H,51,53)(H,52,54)(H,55,63)(H,56,64)/t33-,34-,39?,40?,45?/m0/s1. The van der Waals surface area contributed by atoms with Gasteiger partial charge in [0, 0.05) is 48.2 Å². The van der Waals surface area contributed by atoms with Gasteiger partial charge in [0.2, 0.25) is 18.0 Å². The zero-order chi connectivity index (χ0) is 47.5. The third-order valence-electron chi connectivity index (χ3n) is 13.3. The summed E-state index contributed by atoms with van der Waals surface area (Å²) in [7, 11) is 2.54. The number of fused-ring (bicyclic) bond motifs is 6. The minimum atomic E-state index is -0.778. The van der Waals surface area contributed by atoms with Crippen LogP contribution in [0.5, 0.6) is 5.75 Å². The van der Waals surface area contributed by atoms with Crippen LogP contribution >= 0.6 is 11.3 Å². The predicted molar refractivity (Wildman–Crippen MR) is 250 cm³/mol. The van der Waals surface area contributed by atoms with E-state index in [4.69, 9.17) is 24.2 Å². The largest absolute Gasteiger partial charge is 0.464 e. The summed E-state index contributed by atoms with van der Waals surface area (Å²) in [5.41, 5.74) is 4.45. The molecule has 0 aliphatic carbocycles. The molecule has 3 aliphatic heterocycles. The predicted octanol–water partition coefficient (Wildman–Crippen LogP) is 7.96. The Bertz CT molecular complexity index is 3050. The Morgan fingerprint density at radius 1 is 0.809 bits per heavy atom. The summed E-state index contributed by atoms with van der Waals surface area (Å²) >= 11 is 1.48. The zero-order valence-corrected chi connectivity index (χ0v) is 39.2. The van der Waals surface area contributed by atoms with Crippen molar-refractivity contribution >= 4 is 51.2 Å². The van der Waals surface area contributed by atoms with E-state index < -0.39 is 36.3 Å². The molecule has 4 amide bonds. The average molecular weight is 946 g/mol. The monoisotopic (exact) mass is 945 g/mol. The van der Waals surface area contributed by atoms with Crippen LogP contribution in [0.15, 0.2) is 67.4 Å². The lowest BCUT2D eigenvalue weighted by Gasteiger charge is -2.30. The molecule has 3 unspecified atom stereocenters. The highest BCUT2D eigenvalue weighted by Gasteiger charge is 2.40.